The summed E-state index contributed by atoms with van der Waals surface area (Å²) in [5.74, 6) is 1.01. The first kappa shape index (κ1) is 24.0. The van der Waals surface area contributed by atoms with Gasteiger partial charge in [-0.3, -0.25) is 9.79 Å². The number of piperidine rings is 1. The molecule has 7 heteroatoms. The highest BCUT2D eigenvalue weighted by Gasteiger charge is 2.25. The summed E-state index contributed by atoms with van der Waals surface area (Å²) in [5, 5.41) is 4.14. The highest BCUT2D eigenvalue weighted by Crippen LogP contribution is 2.25. The molecule has 0 spiro atoms. The first-order chi connectivity index (χ1) is 12.3. The van der Waals surface area contributed by atoms with Crippen LogP contribution in [0.5, 0.6) is 0 Å². The number of carbonyl (C=O) groups excluding carboxylic acids is 1. The van der Waals surface area contributed by atoms with E-state index in [0.29, 0.717) is 18.9 Å². The zero-order valence-corrected chi connectivity index (χ0v) is 19.6. The van der Waals surface area contributed by atoms with E-state index in [0.717, 1.165) is 43.5 Å². The second-order valence-electron chi connectivity index (χ2n) is 7.69. The fourth-order valence-corrected chi connectivity index (χ4v) is 3.53. The van der Waals surface area contributed by atoms with Gasteiger partial charge in [-0.15, -0.1) is 24.0 Å². The van der Waals surface area contributed by atoms with Gasteiger partial charge in [0.2, 0.25) is 5.91 Å². The highest BCUT2D eigenvalue weighted by molar-refractivity contribution is 14.0. The van der Waals surface area contributed by atoms with Gasteiger partial charge < -0.3 is 16.0 Å². The van der Waals surface area contributed by atoms with Crippen molar-refractivity contribution in [2.75, 3.05) is 26.2 Å². The summed E-state index contributed by atoms with van der Waals surface area (Å²) in [5.41, 5.74) is 6.51. The number of nitrogens with two attached hydrogens (primary N) is 1. The summed E-state index contributed by atoms with van der Waals surface area (Å²) < 4.78 is 0. The Labute approximate surface area is 185 Å². The van der Waals surface area contributed by atoms with Crippen LogP contribution in [-0.2, 0) is 10.2 Å². The molecule has 27 heavy (non-hydrogen) atoms. The van der Waals surface area contributed by atoms with Gasteiger partial charge in [-0.2, -0.15) is 0 Å². The summed E-state index contributed by atoms with van der Waals surface area (Å²) in [6.07, 6.45) is 2.56. The SMILES string of the molecule is CCNC(=NCC(C)(C)c1ccc(Cl)cc1)N1CCCC(CC(N)=O)C1.I. The van der Waals surface area contributed by atoms with Crippen LogP contribution in [0.2, 0.25) is 5.02 Å². The number of halogens is 2. The van der Waals surface area contributed by atoms with Gasteiger partial charge in [0.1, 0.15) is 0 Å². The van der Waals surface area contributed by atoms with E-state index in [1.807, 2.05) is 12.1 Å². The minimum absolute atomic E-state index is 0. The Kier molecular flexibility index (Phi) is 9.87. The lowest BCUT2D eigenvalue weighted by atomic mass is 9.85. The van der Waals surface area contributed by atoms with E-state index < -0.39 is 0 Å². The molecule has 1 atom stereocenters. The molecule has 1 aromatic rings. The number of hydrogen-bond donors (Lipinski definition) is 2. The molecule has 0 radical (unpaired) electrons. The maximum absolute atomic E-state index is 11.3. The Hall–Kier alpha value is -1.02. The normalized spacial score (nSPS) is 18.0. The Morgan fingerprint density at radius 2 is 2.04 bits per heavy atom. The number of nitrogens with one attached hydrogen (secondary N) is 1. The van der Waals surface area contributed by atoms with Gasteiger partial charge in [0.15, 0.2) is 5.96 Å². The van der Waals surface area contributed by atoms with Gasteiger partial charge >= 0.3 is 0 Å². The molecule has 152 valence electrons. The quantitative estimate of drug-likeness (QED) is 0.350. The lowest BCUT2D eigenvalue weighted by Gasteiger charge is -2.35. The maximum Gasteiger partial charge on any atom is 0.217 e. The number of benzene rings is 1. The number of rotatable bonds is 6. The number of amides is 1. The lowest BCUT2D eigenvalue weighted by Crippen LogP contribution is -2.47. The predicted octanol–water partition coefficient (Wildman–Crippen LogP) is 3.79. The number of primary amides is 1. The van der Waals surface area contributed by atoms with E-state index in [4.69, 9.17) is 22.3 Å². The van der Waals surface area contributed by atoms with Crippen molar-refractivity contribution in [2.24, 2.45) is 16.6 Å². The molecule has 0 saturated carbocycles. The molecular formula is C20H32ClIN4O. The second-order valence-corrected chi connectivity index (χ2v) is 8.12. The molecule has 0 bridgehead atoms. The van der Waals surface area contributed by atoms with E-state index in [9.17, 15) is 4.79 Å². The highest BCUT2D eigenvalue weighted by atomic mass is 127. The van der Waals surface area contributed by atoms with E-state index in [1.165, 1.54) is 5.56 Å². The van der Waals surface area contributed by atoms with Gasteiger partial charge in [0.05, 0.1) is 6.54 Å². The molecule has 3 N–H and O–H groups in total. The second kappa shape index (κ2) is 11.1. The molecule has 5 nitrogen and oxygen atoms in total. The monoisotopic (exact) mass is 506 g/mol. The summed E-state index contributed by atoms with van der Waals surface area (Å²) in [6, 6.07) is 7.97. The molecule has 1 aromatic carbocycles. The van der Waals surface area contributed by atoms with E-state index in [2.05, 4.69) is 43.1 Å². The van der Waals surface area contributed by atoms with Crippen LogP contribution in [0.4, 0.5) is 0 Å². The lowest BCUT2D eigenvalue weighted by molar-refractivity contribution is -0.119. The fraction of sp³-hybridized carbons (Fsp3) is 0.600. The van der Waals surface area contributed by atoms with E-state index in [-0.39, 0.29) is 35.3 Å². The molecule has 1 saturated heterocycles. The van der Waals surface area contributed by atoms with Gasteiger partial charge in [-0.1, -0.05) is 37.6 Å². The standard InChI is InChI=1S/C20H31ClN4O.HI/c1-4-23-19(25-11-5-6-15(13-25)12-18(22)26)24-14-20(2,3)16-7-9-17(21)10-8-16;/h7-10,15H,4-6,11-14H2,1-3H3,(H2,22,26)(H,23,24);1H. The number of likely N-dealkylation sites (tertiary alicyclic amines) is 1. The van der Waals surface area contributed by atoms with E-state index >= 15 is 0 Å². The van der Waals surface area contributed by atoms with Crippen LogP contribution in [0.25, 0.3) is 0 Å². The zero-order valence-electron chi connectivity index (χ0n) is 16.5. The number of guanidine groups is 1. The van der Waals surface area contributed by atoms with Crippen molar-refractivity contribution in [3.8, 4) is 0 Å². The zero-order chi connectivity index (χ0) is 19.2. The van der Waals surface area contributed by atoms with Crippen molar-refractivity contribution < 1.29 is 4.79 Å². The van der Waals surface area contributed by atoms with Crippen molar-refractivity contribution in [3.05, 3.63) is 34.9 Å². The Morgan fingerprint density at radius 1 is 1.37 bits per heavy atom. The maximum atomic E-state index is 11.3. The molecule has 1 heterocycles. The minimum atomic E-state index is -0.220. The summed E-state index contributed by atoms with van der Waals surface area (Å²) in [6.45, 7) is 9.74. The smallest absolute Gasteiger partial charge is 0.217 e. The first-order valence-electron chi connectivity index (χ1n) is 9.39. The Balaban J connectivity index is 0.00000364. The molecule has 1 unspecified atom stereocenters. The molecule has 0 aliphatic carbocycles. The van der Waals surface area contributed by atoms with Crippen LogP contribution < -0.4 is 11.1 Å². The number of aliphatic imine (C=N–C) groups is 1. The van der Waals surface area contributed by atoms with Crippen molar-refractivity contribution in [1.29, 1.82) is 0 Å². The van der Waals surface area contributed by atoms with Crippen LogP contribution >= 0.6 is 35.6 Å². The predicted molar refractivity (Wildman–Crippen MR) is 124 cm³/mol. The molecule has 2 rings (SSSR count). The van der Waals surface area contributed by atoms with Gasteiger partial charge in [-0.25, -0.2) is 0 Å². The van der Waals surface area contributed by atoms with Crippen molar-refractivity contribution >= 4 is 47.4 Å². The molecule has 0 aromatic heterocycles. The third-order valence-corrected chi connectivity index (χ3v) is 5.15. The van der Waals surface area contributed by atoms with Gasteiger partial charge in [-0.05, 0) is 43.4 Å². The van der Waals surface area contributed by atoms with E-state index in [1.54, 1.807) is 0 Å². The number of nitrogens with zero attached hydrogens (tertiary/aromatic N) is 2. The largest absolute Gasteiger partial charge is 0.370 e. The molecule has 1 amide bonds. The van der Waals surface area contributed by atoms with Crippen LogP contribution in [0.1, 0.15) is 45.6 Å². The summed E-state index contributed by atoms with van der Waals surface area (Å²) >= 11 is 6.00. The third-order valence-electron chi connectivity index (χ3n) is 4.89. The van der Waals surface area contributed by atoms with Crippen molar-refractivity contribution in [1.82, 2.24) is 10.2 Å². The van der Waals surface area contributed by atoms with Crippen LogP contribution in [0.15, 0.2) is 29.3 Å². The minimum Gasteiger partial charge on any atom is -0.370 e. The average Bonchev–Trinajstić information content (AvgIpc) is 2.58. The van der Waals surface area contributed by atoms with Gasteiger partial charge in [0, 0.05) is 36.5 Å². The van der Waals surface area contributed by atoms with Crippen molar-refractivity contribution in [2.45, 2.75) is 45.4 Å². The van der Waals surface area contributed by atoms with Crippen LogP contribution in [0, 0.1) is 5.92 Å². The summed E-state index contributed by atoms with van der Waals surface area (Å²) in [7, 11) is 0. The first-order valence-corrected chi connectivity index (χ1v) is 9.77. The molecular weight excluding hydrogens is 475 g/mol. The number of carbonyl (C=O) groups is 1. The van der Waals surface area contributed by atoms with Gasteiger partial charge in [0.25, 0.3) is 0 Å². The summed E-state index contributed by atoms with van der Waals surface area (Å²) in [4.78, 5) is 18.4. The topological polar surface area (TPSA) is 70.7 Å². The molecule has 1 fully saturated rings. The van der Waals surface area contributed by atoms with Crippen LogP contribution in [0.3, 0.4) is 0 Å². The Morgan fingerprint density at radius 3 is 2.63 bits per heavy atom. The van der Waals surface area contributed by atoms with Crippen molar-refractivity contribution in [3.63, 3.8) is 0 Å². The molecule has 1 aliphatic rings. The third kappa shape index (κ3) is 7.49. The Bertz CT molecular complexity index is 633. The average molecular weight is 507 g/mol. The molecule has 1 aliphatic heterocycles. The number of hydrogen-bond acceptors (Lipinski definition) is 2. The fourth-order valence-electron chi connectivity index (χ4n) is 3.40. The van der Waals surface area contributed by atoms with Crippen LogP contribution in [-0.4, -0.2) is 42.9 Å².